The van der Waals surface area contributed by atoms with Crippen molar-refractivity contribution in [2.45, 2.75) is 44.8 Å². The number of hydrogen-bond donors (Lipinski definition) is 3. The normalized spacial score (nSPS) is 14.5. The van der Waals surface area contributed by atoms with Gasteiger partial charge in [0.15, 0.2) is 10.9 Å². The number of nitrogen functional groups attached to an aromatic ring is 2. The van der Waals surface area contributed by atoms with Crippen molar-refractivity contribution < 1.29 is 14.2 Å². The lowest BCUT2D eigenvalue weighted by Gasteiger charge is -2.14. The van der Waals surface area contributed by atoms with Gasteiger partial charge in [-0.05, 0) is 25.0 Å². The van der Waals surface area contributed by atoms with Crippen molar-refractivity contribution in [1.29, 1.82) is 0 Å². The van der Waals surface area contributed by atoms with Crippen LogP contribution in [0.5, 0.6) is 5.75 Å². The molecule has 9 heteroatoms. The quantitative estimate of drug-likeness (QED) is 0.569. The van der Waals surface area contributed by atoms with E-state index >= 15 is 0 Å². The number of aromatic nitrogens is 2. The topological polar surface area (TPSA) is 107 Å². The first-order valence-corrected chi connectivity index (χ1v) is 10.2. The van der Waals surface area contributed by atoms with E-state index < -0.39 is 5.82 Å². The third-order valence-electron chi connectivity index (χ3n) is 4.40. The molecule has 28 heavy (non-hydrogen) atoms. The molecule has 1 fully saturated rings. The molecule has 2 aromatic heterocycles. The highest BCUT2D eigenvalue weighted by molar-refractivity contribution is 7.22. The van der Waals surface area contributed by atoms with Crippen LogP contribution in [0.15, 0.2) is 24.4 Å². The molecule has 1 saturated carbocycles. The van der Waals surface area contributed by atoms with E-state index in [1.54, 1.807) is 12.1 Å². The monoisotopic (exact) mass is 424 g/mol. The van der Waals surface area contributed by atoms with E-state index in [9.17, 15) is 4.39 Å². The summed E-state index contributed by atoms with van der Waals surface area (Å²) in [5.41, 5.74) is 12.1. The smallest absolute Gasteiger partial charge is 0.181 e. The zero-order valence-corrected chi connectivity index (χ0v) is 16.8. The first kappa shape index (κ1) is 20.6. The van der Waals surface area contributed by atoms with Gasteiger partial charge < -0.3 is 21.3 Å². The van der Waals surface area contributed by atoms with Gasteiger partial charge in [0.05, 0.1) is 15.8 Å². The molecule has 0 amide bonds. The van der Waals surface area contributed by atoms with E-state index in [1.165, 1.54) is 42.9 Å². The second-order valence-corrected chi connectivity index (χ2v) is 7.99. The summed E-state index contributed by atoms with van der Waals surface area (Å²) in [5.74, 6) is 0.125. The lowest BCUT2D eigenvalue weighted by atomic mass is 9.98. The average Bonchev–Trinajstić information content (AvgIpc) is 3.05. The van der Waals surface area contributed by atoms with Crippen molar-refractivity contribution in [2.24, 2.45) is 0 Å². The van der Waals surface area contributed by atoms with Crippen LogP contribution in [0, 0.1) is 5.82 Å². The van der Waals surface area contributed by atoms with Gasteiger partial charge in [0, 0.05) is 17.8 Å². The maximum Gasteiger partial charge on any atom is 0.181 e. The summed E-state index contributed by atoms with van der Waals surface area (Å²) in [6.07, 6.45) is 7.46. The molecule has 6 nitrogen and oxygen atoms in total. The van der Waals surface area contributed by atoms with E-state index in [0.29, 0.717) is 26.2 Å². The number of aliphatic hydroxyl groups is 1. The Morgan fingerprint density at radius 2 is 2.00 bits per heavy atom. The molecule has 0 spiro atoms. The van der Waals surface area contributed by atoms with Crippen LogP contribution in [-0.4, -0.2) is 21.2 Å². The number of nitrogens with zero attached hydrogens (tertiary/aromatic N) is 2. The number of aliphatic hydroxyl groups excluding tert-OH is 1. The Morgan fingerprint density at radius 1 is 1.25 bits per heavy atom. The fourth-order valence-corrected chi connectivity index (χ4v) is 3.86. The number of rotatable bonds is 3. The van der Waals surface area contributed by atoms with Gasteiger partial charge in [-0.15, -0.1) is 0 Å². The lowest BCUT2D eigenvalue weighted by molar-refractivity contribution is 0.130. The van der Waals surface area contributed by atoms with Crippen molar-refractivity contribution >= 4 is 44.1 Å². The molecule has 0 unspecified atom stereocenters. The number of anilines is 2. The number of nitrogens with two attached hydrogens (primary N) is 2. The third kappa shape index (κ3) is 5.21. The standard InChI is InChI=1S/C13H10ClFN4OS.C6H12O/c14-10-6(1-2-18-12(10)16)5-20-7-3-8(15)11-9(4-7)21-13(17)19-11;7-6-4-2-1-3-5-6/h1-4H,5H2,(H2,16,18)(H2,17,19);6-7H,1-5H2. The van der Waals surface area contributed by atoms with Crippen LogP contribution in [0.3, 0.4) is 0 Å². The molecule has 0 bridgehead atoms. The maximum absolute atomic E-state index is 13.9. The van der Waals surface area contributed by atoms with Crippen LogP contribution < -0.4 is 16.2 Å². The van der Waals surface area contributed by atoms with Gasteiger partial charge in [-0.3, -0.25) is 0 Å². The molecule has 3 aromatic rings. The summed E-state index contributed by atoms with van der Waals surface area (Å²) < 4.78 is 20.1. The van der Waals surface area contributed by atoms with Gasteiger partial charge in [0.1, 0.15) is 23.7 Å². The van der Waals surface area contributed by atoms with Crippen molar-refractivity contribution in [2.75, 3.05) is 11.5 Å². The third-order valence-corrected chi connectivity index (χ3v) is 5.67. The predicted molar refractivity (Wildman–Crippen MR) is 111 cm³/mol. The van der Waals surface area contributed by atoms with Gasteiger partial charge in [-0.25, -0.2) is 14.4 Å². The minimum absolute atomic E-state index is 0.0359. The SMILES string of the molecule is Nc1nc2c(F)cc(OCc3ccnc(N)c3Cl)cc2s1.OC1CCCCC1. The van der Waals surface area contributed by atoms with E-state index in [2.05, 4.69) is 9.97 Å². The number of pyridine rings is 1. The molecule has 150 valence electrons. The Bertz CT molecular complexity index is 947. The van der Waals surface area contributed by atoms with Crippen molar-refractivity contribution in [1.82, 2.24) is 9.97 Å². The number of thiazole rings is 1. The van der Waals surface area contributed by atoms with Crippen molar-refractivity contribution in [3.63, 3.8) is 0 Å². The Hall–Kier alpha value is -2.16. The van der Waals surface area contributed by atoms with Gasteiger partial charge in [-0.2, -0.15) is 0 Å². The van der Waals surface area contributed by atoms with Gasteiger partial charge >= 0.3 is 0 Å². The molecule has 0 saturated heterocycles. The second-order valence-electron chi connectivity index (χ2n) is 6.55. The van der Waals surface area contributed by atoms with Crippen LogP contribution in [0.2, 0.25) is 5.02 Å². The average molecular weight is 425 g/mol. The number of ether oxygens (including phenoxy) is 1. The summed E-state index contributed by atoms with van der Waals surface area (Å²) in [5, 5.41) is 9.55. The van der Waals surface area contributed by atoms with Gasteiger partial charge in [0.2, 0.25) is 0 Å². The summed E-state index contributed by atoms with van der Waals surface area (Å²) in [6.45, 7) is 0.158. The molecular formula is C19H22ClFN4O2S. The summed E-state index contributed by atoms with van der Waals surface area (Å²) >= 11 is 7.22. The molecule has 1 aromatic carbocycles. The number of fused-ring (bicyclic) bond motifs is 1. The molecule has 0 radical (unpaired) electrons. The van der Waals surface area contributed by atoms with Crippen LogP contribution in [0.25, 0.3) is 10.2 Å². The highest BCUT2D eigenvalue weighted by Crippen LogP contribution is 2.31. The molecule has 2 heterocycles. The summed E-state index contributed by atoms with van der Waals surface area (Å²) in [7, 11) is 0. The first-order valence-electron chi connectivity index (χ1n) is 8.99. The summed E-state index contributed by atoms with van der Waals surface area (Å²) in [4.78, 5) is 7.78. The van der Waals surface area contributed by atoms with Crippen molar-refractivity contribution in [3.05, 3.63) is 40.8 Å². The second kappa shape index (κ2) is 9.36. The Kier molecular flexibility index (Phi) is 6.88. The van der Waals surface area contributed by atoms with Gasteiger partial charge in [0.25, 0.3) is 0 Å². The Labute approximate surface area is 171 Å². The van der Waals surface area contributed by atoms with E-state index in [1.807, 2.05) is 0 Å². The number of benzene rings is 1. The zero-order chi connectivity index (χ0) is 20.1. The van der Waals surface area contributed by atoms with Crippen LogP contribution in [-0.2, 0) is 6.61 Å². The van der Waals surface area contributed by atoms with Crippen LogP contribution in [0.4, 0.5) is 15.3 Å². The molecule has 4 rings (SSSR count). The molecule has 5 N–H and O–H groups in total. The van der Waals surface area contributed by atoms with E-state index in [-0.39, 0.29) is 24.0 Å². The zero-order valence-electron chi connectivity index (χ0n) is 15.2. The largest absolute Gasteiger partial charge is 0.489 e. The molecule has 1 aliphatic carbocycles. The fraction of sp³-hybridized carbons (Fsp3) is 0.368. The highest BCUT2D eigenvalue weighted by Gasteiger charge is 2.11. The Balaban J connectivity index is 0.000000271. The van der Waals surface area contributed by atoms with Gasteiger partial charge in [-0.1, -0.05) is 42.2 Å². The minimum Gasteiger partial charge on any atom is -0.489 e. The highest BCUT2D eigenvalue weighted by atomic mass is 35.5. The van der Waals surface area contributed by atoms with E-state index in [0.717, 1.165) is 12.8 Å². The first-order chi connectivity index (χ1) is 13.4. The molecular weight excluding hydrogens is 403 g/mol. The maximum atomic E-state index is 13.9. The fourth-order valence-electron chi connectivity index (χ4n) is 2.92. The molecule has 0 aliphatic heterocycles. The van der Waals surface area contributed by atoms with E-state index in [4.69, 9.17) is 32.9 Å². The predicted octanol–water partition coefficient (Wildman–Crippen LogP) is 4.54. The Morgan fingerprint density at radius 3 is 2.68 bits per heavy atom. The van der Waals surface area contributed by atoms with Crippen LogP contribution in [0.1, 0.15) is 37.7 Å². The lowest BCUT2D eigenvalue weighted by Crippen LogP contribution is -2.09. The van der Waals surface area contributed by atoms with Crippen molar-refractivity contribution in [3.8, 4) is 5.75 Å². The number of halogens is 2. The summed E-state index contributed by atoms with van der Waals surface area (Å²) in [6, 6.07) is 4.64. The molecule has 1 aliphatic rings. The molecule has 0 atom stereocenters. The van der Waals surface area contributed by atoms with Crippen LogP contribution >= 0.6 is 22.9 Å². The minimum atomic E-state index is -0.476. The number of hydrogen-bond acceptors (Lipinski definition) is 7.